The molecule has 29 heavy (non-hydrogen) atoms. The number of thiazole rings is 1. The van der Waals surface area contributed by atoms with Gasteiger partial charge in [0.05, 0.1) is 18.6 Å². The number of thiocarbonyl (C=S) groups is 1. The first-order valence-electron chi connectivity index (χ1n) is 8.80. The Bertz CT molecular complexity index is 973. The Morgan fingerprint density at radius 1 is 1.34 bits per heavy atom. The van der Waals surface area contributed by atoms with Crippen LogP contribution in [0.25, 0.3) is 0 Å². The zero-order valence-electron chi connectivity index (χ0n) is 16.6. The van der Waals surface area contributed by atoms with Crippen molar-refractivity contribution in [1.29, 1.82) is 0 Å². The largest absolute Gasteiger partial charge is 0.492 e. The van der Waals surface area contributed by atoms with Crippen LogP contribution in [-0.2, 0) is 26.8 Å². The van der Waals surface area contributed by atoms with E-state index in [2.05, 4.69) is 20.3 Å². The number of hydrogen-bond donors (Lipinski definition) is 3. The molecule has 0 atom stereocenters. The van der Waals surface area contributed by atoms with Gasteiger partial charge in [0.1, 0.15) is 15.7 Å². The number of carbonyl (C=O) groups excluding carboxylic acids is 1. The fourth-order valence-corrected chi connectivity index (χ4v) is 4.74. The van der Waals surface area contributed by atoms with Crippen molar-refractivity contribution in [1.82, 2.24) is 20.3 Å². The number of nitrogens with one attached hydrogen (secondary N) is 3. The number of aromatic nitrogens is 1. The van der Waals surface area contributed by atoms with Crippen LogP contribution in [0, 0.1) is 0 Å². The Kier molecular flexibility index (Phi) is 7.55. The molecule has 0 aliphatic heterocycles. The number of ether oxygens (including phenoxy) is 1. The van der Waals surface area contributed by atoms with Crippen molar-refractivity contribution in [2.45, 2.75) is 37.6 Å². The minimum Gasteiger partial charge on any atom is -0.492 e. The summed E-state index contributed by atoms with van der Waals surface area (Å²) in [6.45, 7) is 5.77. The number of hydrogen-bond acceptors (Lipinski definition) is 7. The summed E-state index contributed by atoms with van der Waals surface area (Å²) in [6.07, 6.45) is 1.68. The molecule has 0 radical (unpaired) electrons. The highest BCUT2D eigenvalue weighted by Crippen LogP contribution is 2.26. The van der Waals surface area contributed by atoms with Crippen LogP contribution in [0.3, 0.4) is 0 Å². The van der Waals surface area contributed by atoms with Crippen molar-refractivity contribution in [2.75, 3.05) is 13.7 Å². The summed E-state index contributed by atoms with van der Waals surface area (Å²) in [5, 5.41) is 8.07. The Morgan fingerprint density at radius 3 is 2.66 bits per heavy atom. The van der Waals surface area contributed by atoms with Crippen LogP contribution in [-0.4, -0.2) is 38.1 Å². The Balaban J connectivity index is 2.25. The average molecular weight is 457 g/mol. The summed E-state index contributed by atoms with van der Waals surface area (Å²) in [5.41, 5.74) is -0.108. The average Bonchev–Trinajstić information content (AvgIpc) is 3.18. The highest BCUT2D eigenvalue weighted by Gasteiger charge is 2.26. The summed E-state index contributed by atoms with van der Waals surface area (Å²) >= 11 is 6.35. The van der Waals surface area contributed by atoms with Gasteiger partial charge in [0.15, 0.2) is 5.11 Å². The van der Waals surface area contributed by atoms with Crippen molar-refractivity contribution in [3.05, 3.63) is 40.3 Å². The van der Waals surface area contributed by atoms with E-state index in [-0.39, 0.29) is 28.1 Å². The summed E-state index contributed by atoms with van der Waals surface area (Å²) in [6, 6.07) is 4.62. The van der Waals surface area contributed by atoms with Crippen LogP contribution in [0.1, 0.15) is 31.3 Å². The molecule has 3 N–H and O–H groups in total. The van der Waals surface area contributed by atoms with E-state index < -0.39 is 15.6 Å². The molecule has 0 aliphatic carbocycles. The number of amides is 1. The summed E-state index contributed by atoms with van der Waals surface area (Å²) in [4.78, 5) is 16.7. The number of nitrogens with zero attached hydrogens (tertiary/aromatic N) is 1. The number of carbonyl (C=O) groups is 1. The van der Waals surface area contributed by atoms with Crippen LogP contribution in [0.4, 0.5) is 0 Å². The van der Waals surface area contributed by atoms with E-state index in [1.165, 1.54) is 30.5 Å². The van der Waals surface area contributed by atoms with Crippen molar-refractivity contribution in [3.8, 4) is 5.75 Å². The number of benzene rings is 1. The molecule has 0 spiro atoms. The molecule has 0 bridgehead atoms. The maximum absolute atomic E-state index is 12.7. The molecule has 8 nitrogen and oxygen atoms in total. The Hall–Kier alpha value is -2.24. The van der Waals surface area contributed by atoms with Gasteiger partial charge in [-0.2, -0.15) is 0 Å². The predicted molar refractivity (Wildman–Crippen MR) is 117 cm³/mol. The van der Waals surface area contributed by atoms with E-state index in [1.54, 1.807) is 19.2 Å². The molecule has 1 heterocycles. The summed E-state index contributed by atoms with van der Waals surface area (Å²) < 4.78 is 33.1. The van der Waals surface area contributed by atoms with E-state index in [1.807, 2.05) is 19.2 Å². The molecule has 0 fully saturated rings. The number of rotatable bonds is 8. The summed E-state index contributed by atoms with van der Waals surface area (Å²) in [5.74, 6) is -0.0670. The first-order chi connectivity index (χ1) is 13.6. The fourth-order valence-electron chi connectivity index (χ4n) is 2.54. The highest BCUT2D eigenvalue weighted by molar-refractivity contribution is 7.92. The quantitative estimate of drug-likeness (QED) is 0.521. The van der Waals surface area contributed by atoms with Gasteiger partial charge >= 0.3 is 0 Å². The van der Waals surface area contributed by atoms with Gasteiger partial charge in [-0.3, -0.25) is 9.52 Å². The third-order valence-corrected chi connectivity index (χ3v) is 6.74. The molecule has 1 aromatic heterocycles. The highest BCUT2D eigenvalue weighted by atomic mass is 32.2. The van der Waals surface area contributed by atoms with Crippen molar-refractivity contribution in [2.24, 2.45) is 0 Å². The second-order valence-electron chi connectivity index (χ2n) is 6.59. The molecule has 1 aromatic carbocycles. The van der Waals surface area contributed by atoms with Crippen LogP contribution in [0.15, 0.2) is 34.7 Å². The molecule has 0 saturated carbocycles. The lowest BCUT2D eigenvalue weighted by Crippen LogP contribution is -2.41. The maximum Gasteiger partial charge on any atom is 0.267 e. The van der Waals surface area contributed by atoms with Crippen molar-refractivity contribution in [3.63, 3.8) is 0 Å². The smallest absolute Gasteiger partial charge is 0.267 e. The minimum atomic E-state index is -3.97. The van der Waals surface area contributed by atoms with Gasteiger partial charge in [-0.05, 0) is 50.7 Å². The molecule has 11 heteroatoms. The first kappa shape index (κ1) is 23.0. The molecule has 0 aliphatic rings. The Morgan fingerprint density at radius 2 is 2.07 bits per heavy atom. The molecule has 158 valence electrons. The van der Waals surface area contributed by atoms with E-state index in [9.17, 15) is 13.2 Å². The third-order valence-electron chi connectivity index (χ3n) is 3.84. The molecule has 2 aromatic rings. The van der Waals surface area contributed by atoms with E-state index in [0.29, 0.717) is 12.2 Å². The normalized spacial score (nSPS) is 11.6. The van der Waals surface area contributed by atoms with Crippen LogP contribution < -0.4 is 20.1 Å². The molecule has 0 unspecified atom stereocenters. The lowest BCUT2D eigenvalue weighted by molar-refractivity contribution is -0.122. The van der Waals surface area contributed by atoms with Gasteiger partial charge < -0.3 is 15.4 Å². The lowest BCUT2D eigenvalue weighted by atomic mass is 10.1. The standard InChI is InChI=1S/C18H24N4O4S3/c1-5-26-13-7-6-12(10-14(13)29(24,25)22-17(27)19-4)11-15(23)21-18(2,3)16-20-8-9-28-16/h6-10H,5,11H2,1-4H3,(H,21,23)(H2,19,22,27). The third kappa shape index (κ3) is 6.12. The predicted octanol–water partition coefficient (Wildman–Crippen LogP) is 1.92. The van der Waals surface area contributed by atoms with Gasteiger partial charge in [0, 0.05) is 18.6 Å². The van der Waals surface area contributed by atoms with Gasteiger partial charge in [-0.1, -0.05) is 6.07 Å². The Labute approximate surface area is 180 Å². The van der Waals surface area contributed by atoms with E-state index in [4.69, 9.17) is 17.0 Å². The zero-order chi connectivity index (χ0) is 21.7. The second-order valence-corrected chi connectivity index (χ2v) is 9.54. The monoisotopic (exact) mass is 456 g/mol. The van der Waals surface area contributed by atoms with Crippen molar-refractivity contribution >= 4 is 44.6 Å². The van der Waals surface area contributed by atoms with Gasteiger partial charge in [0.25, 0.3) is 10.0 Å². The van der Waals surface area contributed by atoms with Crippen LogP contribution >= 0.6 is 23.6 Å². The zero-order valence-corrected chi connectivity index (χ0v) is 19.1. The summed E-state index contributed by atoms with van der Waals surface area (Å²) in [7, 11) is -2.46. The van der Waals surface area contributed by atoms with Crippen LogP contribution in [0.2, 0.25) is 0 Å². The van der Waals surface area contributed by atoms with Crippen molar-refractivity contribution < 1.29 is 17.9 Å². The van der Waals surface area contributed by atoms with Crippen LogP contribution in [0.5, 0.6) is 5.75 Å². The molecular formula is C18H24N4O4S3. The molecule has 1 amide bonds. The van der Waals surface area contributed by atoms with E-state index >= 15 is 0 Å². The van der Waals surface area contributed by atoms with Gasteiger partial charge in [-0.25, -0.2) is 13.4 Å². The maximum atomic E-state index is 12.7. The molecule has 0 saturated heterocycles. The first-order valence-corrected chi connectivity index (χ1v) is 11.6. The second kappa shape index (κ2) is 9.51. The number of sulfonamides is 1. The SMILES string of the molecule is CCOc1ccc(CC(=O)NC(C)(C)c2nccs2)cc1S(=O)(=O)NC(=S)NC. The minimum absolute atomic E-state index is 0.000203. The van der Waals surface area contributed by atoms with Gasteiger partial charge in [-0.15, -0.1) is 11.3 Å². The lowest BCUT2D eigenvalue weighted by Gasteiger charge is -2.24. The topological polar surface area (TPSA) is 109 Å². The molecule has 2 rings (SSSR count). The molecular weight excluding hydrogens is 432 g/mol. The van der Waals surface area contributed by atoms with Gasteiger partial charge in [0.2, 0.25) is 5.91 Å². The fraction of sp³-hybridized carbons (Fsp3) is 0.389. The van der Waals surface area contributed by atoms with E-state index in [0.717, 1.165) is 5.01 Å².